The van der Waals surface area contributed by atoms with Crippen molar-refractivity contribution < 1.29 is 4.79 Å². The van der Waals surface area contributed by atoms with E-state index in [-0.39, 0.29) is 5.91 Å². The van der Waals surface area contributed by atoms with Crippen LogP contribution in [0, 0.1) is 0 Å². The van der Waals surface area contributed by atoms with E-state index in [9.17, 15) is 4.79 Å². The average Bonchev–Trinajstić information content (AvgIpc) is 3.64. The number of aromatic nitrogens is 4. The van der Waals surface area contributed by atoms with Gasteiger partial charge in [-0.1, -0.05) is 42.5 Å². The second-order valence-electron chi connectivity index (χ2n) is 7.81. The number of amides is 1. The summed E-state index contributed by atoms with van der Waals surface area (Å²) in [6.45, 7) is 1.70. The predicted molar refractivity (Wildman–Crippen MR) is 131 cm³/mol. The number of hydrogen-bond acceptors (Lipinski definition) is 6. The Morgan fingerprint density at radius 1 is 0.848 bits per heavy atom. The first-order valence-corrected chi connectivity index (χ1v) is 12.4. The molecule has 4 heterocycles. The van der Waals surface area contributed by atoms with E-state index in [0.29, 0.717) is 25.2 Å². The fraction of sp³-hybridized carbons (Fsp3) is 0.120. The van der Waals surface area contributed by atoms with Gasteiger partial charge in [0, 0.05) is 29.6 Å². The highest BCUT2D eigenvalue weighted by atomic mass is 32.1. The molecule has 8 heteroatoms. The van der Waals surface area contributed by atoms with Crippen LogP contribution >= 0.6 is 22.7 Å². The Morgan fingerprint density at radius 3 is 2.48 bits per heavy atom. The predicted octanol–water partition coefficient (Wildman–Crippen LogP) is 5.45. The van der Waals surface area contributed by atoms with E-state index in [2.05, 4.69) is 43.7 Å². The van der Waals surface area contributed by atoms with Gasteiger partial charge in [-0.05, 0) is 40.1 Å². The Hall–Kier alpha value is -3.62. The van der Waals surface area contributed by atoms with Crippen LogP contribution in [0.3, 0.4) is 0 Å². The maximum absolute atomic E-state index is 13.1. The number of hydrogen-bond donors (Lipinski definition) is 0. The van der Waals surface area contributed by atoms with Gasteiger partial charge in [-0.25, -0.2) is 4.98 Å². The number of carbonyl (C=O) groups excluding carboxylic acids is 1. The first-order chi connectivity index (χ1) is 16.3. The van der Waals surface area contributed by atoms with Crippen molar-refractivity contribution in [3.8, 4) is 33.2 Å². The van der Waals surface area contributed by atoms with Gasteiger partial charge in [-0.15, -0.1) is 21.5 Å². The number of thiophene rings is 1. The summed E-state index contributed by atoms with van der Waals surface area (Å²) in [5, 5.41) is 15.9. The van der Waals surface area contributed by atoms with Gasteiger partial charge in [-0.2, -0.15) is 11.3 Å². The fourth-order valence-electron chi connectivity index (χ4n) is 4.03. The lowest BCUT2D eigenvalue weighted by Gasteiger charge is -2.27. The minimum Gasteiger partial charge on any atom is -0.329 e. The molecular formula is C25H19N5OS2. The fourth-order valence-corrected chi connectivity index (χ4v) is 5.50. The third kappa shape index (κ3) is 3.77. The molecule has 0 saturated heterocycles. The molecule has 33 heavy (non-hydrogen) atoms. The summed E-state index contributed by atoms with van der Waals surface area (Å²) in [7, 11) is 0. The lowest BCUT2D eigenvalue weighted by Crippen LogP contribution is -2.38. The number of thiazole rings is 1. The number of carbonyl (C=O) groups is 1. The first kappa shape index (κ1) is 20.0. The van der Waals surface area contributed by atoms with Crippen molar-refractivity contribution in [2.75, 3.05) is 6.54 Å². The molecule has 162 valence electrons. The molecule has 1 aliphatic rings. The number of nitrogens with zero attached hydrogens (tertiary/aromatic N) is 5. The maximum atomic E-state index is 13.1. The van der Waals surface area contributed by atoms with E-state index in [1.807, 2.05) is 52.7 Å². The van der Waals surface area contributed by atoms with Crippen molar-refractivity contribution in [2.45, 2.75) is 13.1 Å². The normalized spacial score (nSPS) is 13.2. The molecule has 0 radical (unpaired) electrons. The van der Waals surface area contributed by atoms with E-state index in [4.69, 9.17) is 4.98 Å². The summed E-state index contributed by atoms with van der Waals surface area (Å²) in [5.74, 6) is 1.56. The molecule has 1 amide bonds. The minimum atomic E-state index is 0.0164. The third-order valence-corrected chi connectivity index (χ3v) is 7.36. The van der Waals surface area contributed by atoms with Crippen LogP contribution in [0.4, 0.5) is 0 Å². The summed E-state index contributed by atoms with van der Waals surface area (Å²) in [4.78, 5) is 19.7. The summed E-state index contributed by atoms with van der Waals surface area (Å²) >= 11 is 3.27. The molecule has 0 bridgehead atoms. The monoisotopic (exact) mass is 469 g/mol. The maximum Gasteiger partial charge on any atom is 0.254 e. The van der Waals surface area contributed by atoms with E-state index in [1.165, 1.54) is 5.56 Å². The molecule has 1 aliphatic heterocycles. The smallest absolute Gasteiger partial charge is 0.254 e. The van der Waals surface area contributed by atoms with Gasteiger partial charge < -0.3 is 9.47 Å². The highest BCUT2D eigenvalue weighted by Crippen LogP contribution is 2.29. The van der Waals surface area contributed by atoms with Crippen LogP contribution in [0.1, 0.15) is 16.2 Å². The molecule has 5 aromatic rings. The molecule has 6 nitrogen and oxygen atoms in total. The molecule has 0 fully saturated rings. The standard InChI is InChI=1S/C25H19N5OS2/c31-25(19-8-6-17(7-9-19)20-10-13-32-15-20)29-11-12-30-22(14-29)27-28-23(30)21-16-33-24(26-21)18-4-2-1-3-5-18/h1-10,13,15-16H,11-12,14H2. The zero-order valence-electron chi connectivity index (χ0n) is 17.6. The van der Waals surface area contributed by atoms with Gasteiger partial charge in [0.25, 0.3) is 5.91 Å². The highest BCUT2D eigenvalue weighted by Gasteiger charge is 2.26. The lowest BCUT2D eigenvalue weighted by atomic mass is 10.1. The minimum absolute atomic E-state index is 0.0164. The van der Waals surface area contributed by atoms with Crippen molar-refractivity contribution in [3.63, 3.8) is 0 Å². The Kier molecular flexibility index (Phi) is 5.09. The van der Waals surface area contributed by atoms with Crippen LogP contribution in [0.5, 0.6) is 0 Å². The van der Waals surface area contributed by atoms with Crippen molar-refractivity contribution in [2.24, 2.45) is 0 Å². The molecule has 2 aromatic carbocycles. The van der Waals surface area contributed by atoms with Crippen LogP contribution in [0.15, 0.2) is 76.8 Å². The quantitative estimate of drug-likeness (QED) is 0.351. The second-order valence-corrected chi connectivity index (χ2v) is 9.45. The second kappa shape index (κ2) is 8.38. The van der Waals surface area contributed by atoms with Crippen molar-refractivity contribution in [3.05, 3.63) is 88.2 Å². The number of benzene rings is 2. The van der Waals surface area contributed by atoms with Gasteiger partial charge in [0.1, 0.15) is 10.7 Å². The summed E-state index contributed by atoms with van der Waals surface area (Å²) in [5.41, 5.74) is 4.90. The van der Waals surface area contributed by atoms with Gasteiger partial charge in [0.05, 0.1) is 6.54 Å². The molecule has 3 aromatic heterocycles. The molecule has 0 spiro atoms. The van der Waals surface area contributed by atoms with E-state index in [0.717, 1.165) is 33.5 Å². The summed E-state index contributed by atoms with van der Waals surface area (Å²) < 4.78 is 2.08. The number of fused-ring (bicyclic) bond motifs is 1. The molecular weight excluding hydrogens is 450 g/mol. The summed E-state index contributed by atoms with van der Waals surface area (Å²) in [6, 6.07) is 20.0. The van der Waals surface area contributed by atoms with Crippen molar-refractivity contribution in [1.29, 1.82) is 0 Å². The summed E-state index contributed by atoms with van der Waals surface area (Å²) in [6.07, 6.45) is 0. The highest BCUT2D eigenvalue weighted by molar-refractivity contribution is 7.13. The Bertz CT molecular complexity index is 1410. The zero-order valence-corrected chi connectivity index (χ0v) is 19.2. The van der Waals surface area contributed by atoms with Gasteiger partial charge in [0.15, 0.2) is 11.6 Å². The largest absolute Gasteiger partial charge is 0.329 e. The van der Waals surface area contributed by atoms with E-state index >= 15 is 0 Å². The Balaban J connectivity index is 1.20. The van der Waals surface area contributed by atoms with E-state index in [1.54, 1.807) is 22.7 Å². The van der Waals surface area contributed by atoms with Gasteiger partial charge in [-0.3, -0.25) is 4.79 Å². The molecule has 0 aliphatic carbocycles. The first-order valence-electron chi connectivity index (χ1n) is 10.6. The third-order valence-electron chi connectivity index (χ3n) is 5.78. The van der Waals surface area contributed by atoms with Crippen molar-refractivity contribution >= 4 is 28.6 Å². The molecule has 0 atom stereocenters. The molecule has 6 rings (SSSR count). The van der Waals surface area contributed by atoms with Crippen LogP contribution in [0.25, 0.3) is 33.2 Å². The average molecular weight is 470 g/mol. The lowest BCUT2D eigenvalue weighted by molar-refractivity contribution is 0.0708. The zero-order chi connectivity index (χ0) is 22.2. The van der Waals surface area contributed by atoms with Crippen LogP contribution in [0.2, 0.25) is 0 Å². The van der Waals surface area contributed by atoms with Crippen molar-refractivity contribution in [1.82, 2.24) is 24.6 Å². The Morgan fingerprint density at radius 2 is 1.70 bits per heavy atom. The topological polar surface area (TPSA) is 63.9 Å². The molecule has 0 saturated carbocycles. The van der Waals surface area contributed by atoms with Crippen LogP contribution < -0.4 is 0 Å². The van der Waals surface area contributed by atoms with Crippen LogP contribution in [-0.4, -0.2) is 37.1 Å². The molecule has 0 N–H and O–H groups in total. The van der Waals surface area contributed by atoms with Crippen LogP contribution in [-0.2, 0) is 13.1 Å². The molecule has 0 unspecified atom stereocenters. The number of rotatable bonds is 4. The van der Waals surface area contributed by atoms with Gasteiger partial charge >= 0.3 is 0 Å². The van der Waals surface area contributed by atoms with E-state index < -0.39 is 0 Å². The SMILES string of the molecule is O=C(c1ccc(-c2ccsc2)cc1)N1CCn2c(nnc2-c2csc(-c3ccccc3)n2)C1. The van der Waals surface area contributed by atoms with Gasteiger partial charge in [0.2, 0.25) is 0 Å². The Labute approximate surface area is 198 Å².